The van der Waals surface area contributed by atoms with Crippen LogP contribution in [0.25, 0.3) is 0 Å². The molecular weight excluding hydrogens is 457 g/mol. The van der Waals surface area contributed by atoms with Crippen LogP contribution in [0.3, 0.4) is 0 Å². The Morgan fingerprint density at radius 3 is 2.38 bits per heavy atom. The Balaban J connectivity index is 2.14. The summed E-state index contributed by atoms with van der Waals surface area (Å²) in [6.45, 7) is 6.47. The minimum Gasteiger partial charge on any atom is -0.354 e. The minimum absolute atomic E-state index is 0.0599. The molecule has 0 aliphatic carbocycles. The van der Waals surface area contributed by atoms with Crippen LogP contribution in [0.15, 0.2) is 48.5 Å². The van der Waals surface area contributed by atoms with Gasteiger partial charge in [-0.05, 0) is 56.5 Å². The molecule has 0 bridgehead atoms. The van der Waals surface area contributed by atoms with Crippen molar-refractivity contribution in [2.24, 2.45) is 0 Å². The quantitative estimate of drug-likeness (QED) is 0.491. The normalized spacial score (nSPS) is 12.1. The number of hydrogen-bond acceptors (Lipinski definition) is 4. The van der Waals surface area contributed by atoms with Crippen molar-refractivity contribution in [2.75, 3.05) is 23.7 Å². The summed E-state index contributed by atoms with van der Waals surface area (Å²) in [5.41, 5.74) is 2.30. The lowest BCUT2D eigenvalue weighted by molar-refractivity contribution is -0.140. The van der Waals surface area contributed by atoms with Gasteiger partial charge in [-0.25, -0.2) is 12.8 Å². The molecule has 0 aliphatic heterocycles. The number of aryl methyl sites for hydroxylation is 1. The van der Waals surface area contributed by atoms with Gasteiger partial charge >= 0.3 is 0 Å². The number of carbonyl (C=O) groups is 2. The maximum absolute atomic E-state index is 13.3. The number of carbonyl (C=O) groups excluding carboxylic acids is 2. The number of anilines is 1. The summed E-state index contributed by atoms with van der Waals surface area (Å²) >= 11 is 0. The molecule has 2 rings (SSSR count). The molecule has 0 radical (unpaired) electrons. The van der Waals surface area contributed by atoms with Crippen molar-refractivity contribution in [3.05, 3.63) is 65.5 Å². The third-order valence-corrected chi connectivity index (χ3v) is 6.61. The van der Waals surface area contributed by atoms with Gasteiger partial charge in [0.2, 0.25) is 21.8 Å². The lowest BCUT2D eigenvalue weighted by Crippen LogP contribution is -2.47. The Morgan fingerprint density at radius 1 is 1.12 bits per heavy atom. The second-order valence-corrected chi connectivity index (χ2v) is 10.3. The average molecular weight is 492 g/mol. The largest absolute Gasteiger partial charge is 0.354 e. The van der Waals surface area contributed by atoms with Crippen LogP contribution in [0.5, 0.6) is 0 Å². The topological polar surface area (TPSA) is 86.8 Å². The molecule has 0 aliphatic rings. The molecule has 0 saturated carbocycles. The van der Waals surface area contributed by atoms with Crippen molar-refractivity contribution in [3.8, 4) is 0 Å². The second kappa shape index (κ2) is 12.5. The zero-order valence-electron chi connectivity index (χ0n) is 20.3. The molecule has 2 amide bonds. The first-order valence-electron chi connectivity index (χ1n) is 11.4. The van der Waals surface area contributed by atoms with E-state index < -0.39 is 21.9 Å². The van der Waals surface area contributed by atoms with E-state index in [9.17, 15) is 22.4 Å². The summed E-state index contributed by atoms with van der Waals surface area (Å²) in [6.07, 6.45) is 2.17. The summed E-state index contributed by atoms with van der Waals surface area (Å²) in [5.74, 6) is -0.936. The van der Waals surface area contributed by atoms with Crippen molar-refractivity contribution in [3.63, 3.8) is 0 Å². The Labute approximate surface area is 202 Å². The Morgan fingerprint density at radius 2 is 1.79 bits per heavy atom. The van der Waals surface area contributed by atoms with E-state index in [1.807, 2.05) is 38.1 Å². The van der Waals surface area contributed by atoms with Gasteiger partial charge in [-0.1, -0.05) is 36.8 Å². The van der Waals surface area contributed by atoms with Gasteiger partial charge in [-0.3, -0.25) is 13.9 Å². The van der Waals surface area contributed by atoms with E-state index in [2.05, 4.69) is 5.32 Å². The van der Waals surface area contributed by atoms with Crippen molar-refractivity contribution < 1.29 is 22.4 Å². The van der Waals surface area contributed by atoms with E-state index in [0.717, 1.165) is 28.1 Å². The lowest BCUT2D eigenvalue weighted by Gasteiger charge is -2.29. The van der Waals surface area contributed by atoms with Crippen LogP contribution in [0.1, 0.15) is 44.2 Å². The van der Waals surface area contributed by atoms with Crippen LogP contribution in [0, 0.1) is 12.7 Å². The first-order chi connectivity index (χ1) is 16.0. The monoisotopic (exact) mass is 491 g/mol. The summed E-state index contributed by atoms with van der Waals surface area (Å²) < 4.78 is 39.0. The Kier molecular flexibility index (Phi) is 10.0. The molecule has 2 aromatic rings. The van der Waals surface area contributed by atoms with Crippen LogP contribution in [0.2, 0.25) is 0 Å². The smallest absolute Gasteiger partial charge is 0.242 e. The molecule has 0 unspecified atom stereocenters. The summed E-state index contributed by atoms with van der Waals surface area (Å²) in [4.78, 5) is 27.3. The lowest BCUT2D eigenvalue weighted by atomic mass is 10.1. The van der Waals surface area contributed by atoms with Gasteiger partial charge in [-0.15, -0.1) is 0 Å². The molecule has 34 heavy (non-hydrogen) atoms. The fourth-order valence-electron chi connectivity index (χ4n) is 3.60. The summed E-state index contributed by atoms with van der Waals surface area (Å²) in [7, 11) is -3.62. The highest BCUT2D eigenvalue weighted by Gasteiger charge is 2.26. The third kappa shape index (κ3) is 8.13. The number of nitrogens with one attached hydrogen (secondary N) is 1. The predicted molar refractivity (Wildman–Crippen MR) is 132 cm³/mol. The number of amides is 2. The van der Waals surface area contributed by atoms with Gasteiger partial charge in [0.25, 0.3) is 0 Å². The van der Waals surface area contributed by atoms with E-state index in [0.29, 0.717) is 12.2 Å². The highest BCUT2D eigenvalue weighted by Crippen LogP contribution is 2.19. The van der Waals surface area contributed by atoms with Gasteiger partial charge < -0.3 is 10.2 Å². The molecule has 0 heterocycles. The van der Waals surface area contributed by atoms with E-state index in [1.54, 1.807) is 6.92 Å². The van der Waals surface area contributed by atoms with E-state index in [-0.39, 0.29) is 37.7 Å². The first-order valence-corrected chi connectivity index (χ1v) is 13.2. The summed E-state index contributed by atoms with van der Waals surface area (Å²) in [5, 5.41) is 2.83. The van der Waals surface area contributed by atoms with Crippen LogP contribution >= 0.6 is 0 Å². The molecular formula is C25H34FN3O4S. The fourth-order valence-corrected chi connectivity index (χ4v) is 4.56. The van der Waals surface area contributed by atoms with Crippen LogP contribution < -0.4 is 9.62 Å². The van der Waals surface area contributed by atoms with E-state index >= 15 is 0 Å². The number of rotatable bonds is 12. The fraction of sp³-hybridized carbons (Fsp3) is 0.440. The Bertz CT molecular complexity index is 1070. The SMILES string of the molecule is CCCNC(=O)[C@@H](C)N(Cc1cccc(C)c1)C(=O)CCCN(c1ccc(F)cc1)S(C)(=O)=O. The van der Waals surface area contributed by atoms with Gasteiger partial charge in [0.05, 0.1) is 11.9 Å². The molecule has 1 atom stereocenters. The van der Waals surface area contributed by atoms with Gasteiger partial charge in [0.1, 0.15) is 11.9 Å². The Hall–Kier alpha value is -2.94. The predicted octanol–water partition coefficient (Wildman–Crippen LogP) is 3.62. The average Bonchev–Trinajstić information content (AvgIpc) is 2.78. The maximum Gasteiger partial charge on any atom is 0.242 e. The molecule has 2 aromatic carbocycles. The number of halogens is 1. The first kappa shape index (κ1) is 27.3. The van der Waals surface area contributed by atoms with Crippen LogP contribution in [-0.4, -0.2) is 50.5 Å². The van der Waals surface area contributed by atoms with Crippen LogP contribution in [-0.2, 0) is 26.2 Å². The number of sulfonamides is 1. The van der Waals surface area contributed by atoms with Crippen molar-refractivity contribution in [1.29, 1.82) is 0 Å². The van der Waals surface area contributed by atoms with Gasteiger partial charge in [0, 0.05) is 26.1 Å². The molecule has 186 valence electrons. The second-order valence-electron chi connectivity index (χ2n) is 8.39. The van der Waals surface area contributed by atoms with Crippen molar-refractivity contribution >= 4 is 27.5 Å². The highest BCUT2D eigenvalue weighted by molar-refractivity contribution is 7.92. The number of hydrogen-bond donors (Lipinski definition) is 1. The molecule has 0 fully saturated rings. The highest BCUT2D eigenvalue weighted by atomic mass is 32.2. The molecule has 0 saturated heterocycles. The minimum atomic E-state index is -3.62. The van der Waals surface area contributed by atoms with Gasteiger partial charge in [0.15, 0.2) is 0 Å². The van der Waals surface area contributed by atoms with Crippen molar-refractivity contribution in [1.82, 2.24) is 10.2 Å². The molecule has 9 heteroatoms. The molecule has 0 aromatic heterocycles. The number of benzene rings is 2. The molecule has 7 nitrogen and oxygen atoms in total. The standard InChI is InChI=1S/C25H34FN3O4S/c1-5-15-27-25(31)20(3)28(18-21-9-6-8-19(2)17-21)24(30)10-7-16-29(34(4,32)33)23-13-11-22(26)12-14-23/h6,8-9,11-14,17,20H,5,7,10,15-16,18H2,1-4H3,(H,27,31)/t20-/m1/s1. The van der Waals surface area contributed by atoms with Gasteiger partial charge in [-0.2, -0.15) is 0 Å². The van der Waals surface area contributed by atoms with E-state index in [1.165, 1.54) is 29.2 Å². The molecule has 0 spiro atoms. The van der Waals surface area contributed by atoms with Crippen LogP contribution in [0.4, 0.5) is 10.1 Å². The number of nitrogens with zero attached hydrogens (tertiary/aromatic N) is 2. The zero-order chi connectivity index (χ0) is 25.3. The zero-order valence-corrected chi connectivity index (χ0v) is 21.1. The third-order valence-electron chi connectivity index (χ3n) is 5.42. The van der Waals surface area contributed by atoms with E-state index in [4.69, 9.17) is 0 Å². The van der Waals surface area contributed by atoms with Crippen molar-refractivity contribution in [2.45, 2.75) is 52.6 Å². The maximum atomic E-state index is 13.3. The summed E-state index contributed by atoms with van der Waals surface area (Å²) in [6, 6.07) is 12.2. The molecule has 1 N–H and O–H groups in total.